The zero-order valence-corrected chi connectivity index (χ0v) is 18.2. The molecule has 0 unspecified atom stereocenters. The Hall–Kier alpha value is -3.19. The largest absolute Gasteiger partial charge is 0.489 e. The smallest absolute Gasteiger partial charge is 0.254 e. The summed E-state index contributed by atoms with van der Waals surface area (Å²) in [6.45, 7) is 6.08. The maximum atomic E-state index is 13.1. The van der Waals surface area contributed by atoms with Crippen molar-refractivity contribution in [1.29, 1.82) is 0 Å². The standard InChI is InChI=1S/C23H23N3O3S/c1-14-19(16(3)29-25-14)13-28-18-9-7-8-17(12-18)23(27)26(4)15(2)22-24-20-10-5-6-11-21(20)30-22/h5-12,15H,13H2,1-4H3/t15-/m1/s1. The van der Waals surface area contributed by atoms with E-state index in [-0.39, 0.29) is 11.9 Å². The Morgan fingerprint density at radius 1 is 1.20 bits per heavy atom. The molecule has 0 saturated carbocycles. The molecule has 4 rings (SSSR count). The van der Waals surface area contributed by atoms with E-state index >= 15 is 0 Å². The summed E-state index contributed by atoms with van der Waals surface area (Å²) in [5.41, 5.74) is 3.26. The zero-order chi connectivity index (χ0) is 21.3. The van der Waals surface area contributed by atoms with Gasteiger partial charge in [0.05, 0.1) is 27.5 Å². The molecule has 4 aromatic rings. The summed E-state index contributed by atoms with van der Waals surface area (Å²) in [4.78, 5) is 19.5. The van der Waals surface area contributed by atoms with Crippen molar-refractivity contribution in [1.82, 2.24) is 15.0 Å². The summed E-state index contributed by atoms with van der Waals surface area (Å²) in [5.74, 6) is 1.29. The average molecular weight is 422 g/mol. The minimum absolute atomic E-state index is 0.0791. The van der Waals surface area contributed by atoms with E-state index in [0.29, 0.717) is 17.9 Å². The molecule has 1 amide bonds. The van der Waals surface area contributed by atoms with Gasteiger partial charge < -0.3 is 14.2 Å². The van der Waals surface area contributed by atoms with E-state index in [9.17, 15) is 4.79 Å². The first-order chi connectivity index (χ1) is 14.4. The van der Waals surface area contributed by atoms with Gasteiger partial charge in [-0.2, -0.15) is 0 Å². The SMILES string of the molecule is Cc1noc(C)c1COc1cccc(C(=O)N(C)[C@H](C)c2nc3ccccc3s2)c1. The molecule has 0 spiro atoms. The zero-order valence-electron chi connectivity index (χ0n) is 17.4. The van der Waals surface area contributed by atoms with Gasteiger partial charge in [0.2, 0.25) is 0 Å². The van der Waals surface area contributed by atoms with Gasteiger partial charge in [-0.15, -0.1) is 11.3 Å². The van der Waals surface area contributed by atoms with Crippen molar-refractivity contribution in [2.75, 3.05) is 7.05 Å². The molecule has 0 aliphatic rings. The fourth-order valence-electron chi connectivity index (χ4n) is 3.20. The van der Waals surface area contributed by atoms with Gasteiger partial charge in [0.15, 0.2) is 0 Å². The van der Waals surface area contributed by atoms with Crippen molar-refractivity contribution < 1.29 is 14.1 Å². The molecule has 0 fully saturated rings. The van der Waals surface area contributed by atoms with Crippen LogP contribution in [0.25, 0.3) is 10.2 Å². The average Bonchev–Trinajstić information content (AvgIpc) is 3.34. The van der Waals surface area contributed by atoms with Gasteiger partial charge in [0.1, 0.15) is 23.1 Å². The van der Waals surface area contributed by atoms with Crippen LogP contribution < -0.4 is 4.74 Å². The van der Waals surface area contributed by atoms with Crippen LogP contribution in [0.1, 0.15) is 45.3 Å². The number of rotatable bonds is 6. The summed E-state index contributed by atoms with van der Waals surface area (Å²) >= 11 is 1.61. The van der Waals surface area contributed by atoms with Gasteiger partial charge in [-0.3, -0.25) is 4.79 Å². The van der Waals surface area contributed by atoms with Crippen LogP contribution in [0.3, 0.4) is 0 Å². The molecule has 2 aromatic heterocycles. The third-order valence-electron chi connectivity index (χ3n) is 5.21. The second-order valence-corrected chi connectivity index (χ2v) is 8.29. The maximum absolute atomic E-state index is 13.1. The highest BCUT2D eigenvalue weighted by Crippen LogP contribution is 2.30. The highest BCUT2D eigenvalue weighted by Gasteiger charge is 2.22. The second-order valence-electron chi connectivity index (χ2n) is 7.23. The molecule has 0 bridgehead atoms. The summed E-state index contributed by atoms with van der Waals surface area (Å²) < 4.78 is 12.2. The first kappa shape index (κ1) is 20.1. The molecular weight excluding hydrogens is 398 g/mol. The Bertz CT molecular complexity index is 1140. The van der Waals surface area contributed by atoms with Crippen LogP contribution in [0, 0.1) is 13.8 Å². The van der Waals surface area contributed by atoms with Crippen LogP contribution in [0.2, 0.25) is 0 Å². The molecular formula is C23H23N3O3S. The van der Waals surface area contributed by atoms with Crippen LogP contribution in [-0.2, 0) is 6.61 Å². The molecule has 0 aliphatic carbocycles. The first-order valence-corrected chi connectivity index (χ1v) is 10.5. The number of hydrogen-bond donors (Lipinski definition) is 0. The molecule has 0 radical (unpaired) electrons. The Morgan fingerprint density at radius 3 is 2.73 bits per heavy atom. The van der Waals surface area contributed by atoms with E-state index < -0.39 is 0 Å². The molecule has 2 heterocycles. The topological polar surface area (TPSA) is 68.5 Å². The number of carbonyl (C=O) groups excluding carboxylic acids is 1. The molecule has 6 nitrogen and oxygen atoms in total. The van der Waals surface area contributed by atoms with E-state index in [0.717, 1.165) is 32.2 Å². The van der Waals surface area contributed by atoms with Crippen molar-refractivity contribution in [3.8, 4) is 5.75 Å². The van der Waals surface area contributed by atoms with Crippen molar-refractivity contribution in [2.24, 2.45) is 0 Å². The van der Waals surface area contributed by atoms with Crippen molar-refractivity contribution >= 4 is 27.5 Å². The number of carbonyl (C=O) groups is 1. The number of fused-ring (bicyclic) bond motifs is 1. The van der Waals surface area contributed by atoms with Crippen molar-refractivity contribution in [3.05, 3.63) is 76.1 Å². The van der Waals surface area contributed by atoms with Crippen LogP contribution in [0.5, 0.6) is 5.75 Å². The van der Waals surface area contributed by atoms with Gasteiger partial charge in [0, 0.05) is 12.6 Å². The lowest BCUT2D eigenvalue weighted by Gasteiger charge is -2.23. The van der Waals surface area contributed by atoms with E-state index in [1.807, 2.05) is 57.2 Å². The predicted molar refractivity (Wildman–Crippen MR) is 117 cm³/mol. The number of para-hydroxylation sites is 1. The molecule has 0 N–H and O–H groups in total. The third kappa shape index (κ3) is 3.93. The number of thiazole rings is 1. The van der Waals surface area contributed by atoms with E-state index in [1.165, 1.54) is 0 Å². The number of benzene rings is 2. The first-order valence-electron chi connectivity index (χ1n) is 9.71. The fraction of sp³-hybridized carbons (Fsp3) is 0.261. The highest BCUT2D eigenvalue weighted by molar-refractivity contribution is 7.18. The van der Waals surface area contributed by atoms with E-state index in [2.05, 4.69) is 10.1 Å². The third-order valence-corrected chi connectivity index (χ3v) is 6.42. The van der Waals surface area contributed by atoms with Gasteiger partial charge in [-0.25, -0.2) is 4.98 Å². The Kier molecular flexibility index (Phi) is 5.55. The molecule has 1 atom stereocenters. The summed E-state index contributed by atoms with van der Waals surface area (Å²) in [6.07, 6.45) is 0. The number of hydrogen-bond acceptors (Lipinski definition) is 6. The summed E-state index contributed by atoms with van der Waals surface area (Å²) in [7, 11) is 1.80. The lowest BCUT2D eigenvalue weighted by molar-refractivity contribution is 0.0742. The van der Waals surface area contributed by atoms with Gasteiger partial charge >= 0.3 is 0 Å². The summed E-state index contributed by atoms with van der Waals surface area (Å²) in [6, 6.07) is 15.1. The monoisotopic (exact) mass is 421 g/mol. The normalized spacial score (nSPS) is 12.1. The number of amides is 1. The predicted octanol–water partition coefficient (Wildman–Crippen LogP) is 5.31. The second kappa shape index (κ2) is 8.28. The number of ether oxygens (including phenoxy) is 1. The fourth-order valence-corrected chi connectivity index (χ4v) is 4.26. The Labute approximate surface area is 179 Å². The Balaban J connectivity index is 1.49. The van der Waals surface area contributed by atoms with Crippen LogP contribution >= 0.6 is 11.3 Å². The van der Waals surface area contributed by atoms with Gasteiger partial charge in [-0.05, 0) is 51.1 Å². The van der Waals surface area contributed by atoms with Crippen LogP contribution in [-0.4, -0.2) is 28.0 Å². The number of aryl methyl sites for hydroxylation is 2. The quantitative estimate of drug-likeness (QED) is 0.422. The Morgan fingerprint density at radius 2 is 2.00 bits per heavy atom. The number of nitrogens with zero attached hydrogens (tertiary/aromatic N) is 3. The molecule has 0 aliphatic heterocycles. The van der Waals surface area contributed by atoms with E-state index in [1.54, 1.807) is 35.4 Å². The molecule has 2 aromatic carbocycles. The van der Waals surface area contributed by atoms with Crippen LogP contribution in [0.4, 0.5) is 0 Å². The lowest BCUT2D eigenvalue weighted by atomic mass is 10.1. The van der Waals surface area contributed by atoms with Crippen molar-refractivity contribution in [3.63, 3.8) is 0 Å². The molecule has 30 heavy (non-hydrogen) atoms. The van der Waals surface area contributed by atoms with E-state index in [4.69, 9.17) is 9.26 Å². The minimum atomic E-state index is -0.137. The number of aromatic nitrogens is 2. The van der Waals surface area contributed by atoms with Crippen LogP contribution in [0.15, 0.2) is 53.1 Å². The highest BCUT2D eigenvalue weighted by atomic mass is 32.1. The minimum Gasteiger partial charge on any atom is -0.489 e. The lowest BCUT2D eigenvalue weighted by Crippen LogP contribution is -2.29. The summed E-state index contributed by atoms with van der Waals surface area (Å²) in [5, 5.41) is 4.86. The molecule has 0 saturated heterocycles. The van der Waals surface area contributed by atoms with Gasteiger partial charge in [0.25, 0.3) is 5.91 Å². The maximum Gasteiger partial charge on any atom is 0.254 e. The van der Waals surface area contributed by atoms with Gasteiger partial charge in [-0.1, -0.05) is 23.4 Å². The molecule has 154 valence electrons. The van der Waals surface area contributed by atoms with Crippen molar-refractivity contribution in [2.45, 2.75) is 33.4 Å². The molecule has 7 heteroatoms.